The maximum absolute atomic E-state index is 12.0. The monoisotopic (exact) mass is 377 g/mol. The first-order chi connectivity index (χ1) is 12.5. The van der Waals surface area contributed by atoms with Crippen molar-refractivity contribution in [3.05, 3.63) is 28.2 Å². The summed E-state index contributed by atoms with van der Waals surface area (Å²) in [4.78, 5) is 35.5. The molecule has 0 bridgehead atoms. The molecule has 1 aromatic heterocycles. The number of hydrogen-bond donors (Lipinski definition) is 2. The molecule has 0 saturated heterocycles. The average Bonchev–Trinajstić information content (AvgIpc) is 2.90. The lowest BCUT2D eigenvalue weighted by atomic mass is 9.97. The van der Waals surface area contributed by atoms with E-state index in [-0.39, 0.29) is 0 Å². The highest BCUT2D eigenvalue weighted by Gasteiger charge is 2.22. The molecule has 26 heavy (non-hydrogen) atoms. The number of thiophene rings is 1. The van der Waals surface area contributed by atoms with Crippen LogP contribution in [0.1, 0.15) is 72.2 Å². The largest absolute Gasteiger partial charge is 0.545 e. The smallest absolute Gasteiger partial charge is 0.251 e. The molecule has 7 heteroatoms. The number of primary amides is 1. The summed E-state index contributed by atoms with van der Waals surface area (Å²) in [6, 6.07) is 0. The zero-order valence-electron chi connectivity index (χ0n) is 14.8. The Bertz CT molecular complexity index is 694. The second kappa shape index (κ2) is 10.1. The zero-order chi connectivity index (χ0) is 18.9. The van der Waals surface area contributed by atoms with Crippen molar-refractivity contribution in [3.63, 3.8) is 0 Å². The Morgan fingerprint density at radius 3 is 2.08 bits per heavy atom. The van der Waals surface area contributed by atoms with Gasteiger partial charge in [-0.05, 0) is 37.3 Å². The van der Waals surface area contributed by atoms with E-state index in [9.17, 15) is 19.5 Å². The van der Waals surface area contributed by atoms with Gasteiger partial charge in [0.1, 0.15) is 5.00 Å². The summed E-state index contributed by atoms with van der Waals surface area (Å²) in [5.74, 6) is -2.63. The number of aryl methyl sites for hydroxylation is 1. The molecule has 6 nitrogen and oxygen atoms in total. The molecule has 0 aromatic carbocycles. The van der Waals surface area contributed by atoms with Crippen molar-refractivity contribution >= 4 is 34.1 Å². The van der Waals surface area contributed by atoms with Crippen LogP contribution in [0.4, 0.5) is 5.00 Å². The number of fused-ring (bicyclic) bond motifs is 1. The summed E-state index contributed by atoms with van der Waals surface area (Å²) in [6.45, 7) is 0. The van der Waals surface area contributed by atoms with E-state index in [1.165, 1.54) is 37.0 Å². The second-order valence-electron chi connectivity index (χ2n) is 6.54. The average molecular weight is 377 g/mol. The van der Waals surface area contributed by atoms with Crippen LogP contribution in [0.25, 0.3) is 0 Å². The summed E-state index contributed by atoms with van der Waals surface area (Å²) in [5.41, 5.74) is 6.91. The number of nitrogens with two attached hydrogens (primary N) is 1. The molecule has 1 heterocycles. The van der Waals surface area contributed by atoms with Gasteiger partial charge in [0.05, 0.1) is 11.5 Å². The number of carbonyl (C=O) groups excluding carboxylic acids is 3. The van der Waals surface area contributed by atoms with Crippen LogP contribution in [-0.4, -0.2) is 17.8 Å². The van der Waals surface area contributed by atoms with Gasteiger partial charge in [-0.1, -0.05) is 38.5 Å². The lowest BCUT2D eigenvalue weighted by molar-refractivity contribution is -0.297. The van der Waals surface area contributed by atoms with Gasteiger partial charge >= 0.3 is 0 Å². The fourth-order valence-electron chi connectivity index (χ4n) is 3.27. The van der Waals surface area contributed by atoms with Gasteiger partial charge in [-0.2, -0.15) is 0 Å². The lowest BCUT2D eigenvalue weighted by Gasteiger charge is -2.09. The van der Waals surface area contributed by atoms with Gasteiger partial charge in [0, 0.05) is 11.0 Å². The van der Waals surface area contributed by atoms with E-state index in [2.05, 4.69) is 5.32 Å². The van der Waals surface area contributed by atoms with Crippen LogP contribution in [0.3, 0.4) is 0 Å². The molecule has 0 radical (unpaired) electrons. The van der Waals surface area contributed by atoms with Crippen LogP contribution in [0.15, 0.2) is 12.2 Å². The van der Waals surface area contributed by atoms with Crippen molar-refractivity contribution in [2.45, 2.75) is 64.2 Å². The third-order valence-electron chi connectivity index (χ3n) is 4.53. The van der Waals surface area contributed by atoms with E-state index in [1.807, 2.05) is 0 Å². The van der Waals surface area contributed by atoms with Crippen molar-refractivity contribution in [2.75, 3.05) is 5.32 Å². The molecule has 0 atom stereocenters. The van der Waals surface area contributed by atoms with E-state index in [1.54, 1.807) is 0 Å². The maximum atomic E-state index is 12.0. The van der Waals surface area contributed by atoms with Gasteiger partial charge < -0.3 is 21.0 Å². The Labute approximate surface area is 157 Å². The molecular weight excluding hydrogens is 352 g/mol. The summed E-state index contributed by atoms with van der Waals surface area (Å²) < 4.78 is 0. The Morgan fingerprint density at radius 1 is 0.923 bits per heavy atom. The van der Waals surface area contributed by atoms with Crippen molar-refractivity contribution < 1.29 is 19.5 Å². The number of amides is 2. The minimum atomic E-state index is -1.45. The van der Waals surface area contributed by atoms with Gasteiger partial charge in [-0.25, -0.2) is 0 Å². The fraction of sp³-hybridized carbons (Fsp3) is 0.526. The van der Waals surface area contributed by atoms with Crippen LogP contribution in [0, 0.1) is 0 Å². The standard InChI is InChI=1S/C19H26N2O4S/c20-18(25)17-13-9-7-5-3-1-2-4-6-8-10-14(13)26-19(17)21-15(22)11-12-16(23)24/h11-12H,1-10H2,(H2,20,25)(H,21,22)(H,23,24)/p-1/b12-11+. The van der Waals surface area contributed by atoms with Crippen LogP contribution in [0.2, 0.25) is 0 Å². The molecule has 2 rings (SSSR count). The van der Waals surface area contributed by atoms with Gasteiger partial charge in [0.2, 0.25) is 5.91 Å². The number of carboxylic acids is 1. The summed E-state index contributed by atoms with van der Waals surface area (Å²) in [6.07, 6.45) is 12.4. The van der Waals surface area contributed by atoms with E-state index in [4.69, 9.17) is 5.73 Å². The van der Waals surface area contributed by atoms with E-state index >= 15 is 0 Å². The Kier molecular flexibility index (Phi) is 7.84. The summed E-state index contributed by atoms with van der Waals surface area (Å²) in [5, 5.41) is 13.4. The number of aliphatic carboxylic acids is 1. The third kappa shape index (κ3) is 5.98. The highest BCUT2D eigenvalue weighted by atomic mass is 32.1. The third-order valence-corrected chi connectivity index (χ3v) is 5.73. The van der Waals surface area contributed by atoms with Crippen molar-refractivity contribution in [3.8, 4) is 0 Å². The number of carbonyl (C=O) groups is 3. The quantitative estimate of drug-likeness (QED) is 0.784. The molecule has 2 amide bonds. The maximum Gasteiger partial charge on any atom is 0.251 e. The Hall–Kier alpha value is -2.15. The molecule has 0 saturated carbocycles. The second-order valence-corrected chi connectivity index (χ2v) is 7.65. The van der Waals surface area contributed by atoms with Crippen molar-refractivity contribution in [2.24, 2.45) is 5.73 Å². The van der Waals surface area contributed by atoms with Gasteiger partial charge in [-0.3, -0.25) is 9.59 Å². The van der Waals surface area contributed by atoms with Crippen molar-refractivity contribution in [1.82, 2.24) is 0 Å². The molecule has 0 fully saturated rings. The molecule has 1 aromatic rings. The first-order valence-electron chi connectivity index (χ1n) is 9.13. The summed E-state index contributed by atoms with van der Waals surface area (Å²) in [7, 11) is 0. The van der Waals surface area contributed by atoms with Crippen LogP contribution in [0.5, 0.6) is 0 Å². The van der Waals surface area contributed by atoms with Crippen LogP contribution in [-0.2, 0) is 22.4 Å². The predicted molar refractivity (Wildman–Crippen MR) is 100.0 cm³/mol. The highest BCUT2D eigenvalue weighted by Crippen LogP contribution is 2.36. The molecular formula is C19H25N2O4S-. The van der Waals surface area contributed by atoms with Gasteiger partial charge in [0.15, 0.2) is 0 Å². The topological polar surface area (TPSA) is 112 Å². The number of carboxylic acid groups (broad SMARTS) is 1. The molecule has 142 valence electrons. The normalized spacial score (nSPS) is 16.3. The zero-order valence-corrected chi connectivity index (χ0v) is 15.7. The fourth-order valence-corrected chi connectivity index (χ4v) is 4.57. The highest BCUT2D eigenvalue weighted by molar-refractivity contribution is 7.17. The SMILES string of the molecule is NC(=O)c1c(NC(=O)/C=C/C(=O)[O-])sc2c1CCCCCCCCCC2. The van der Waals surface area contributed by atoms with E-state index < -0.39 is 17.8 Å². The number of rotatable bonds is 4. The molecule has 0 aliphatic heterocycles. The number of hydrogen-bond acceptors (Lipinski definition) is 5. The Balaban J connectivity index is 2.27. The minimum absolute atomic E-state index is 0.372. The van der Waals surface area contributed by atoms with E-state index in [0.29, 0.717) is 16.6 Å². The van der Waals surface area contributed by atoms with Crippen molar-refractivity contribution in [1.29, 1.82) is 0 Å². The van der Waals surface area contributed by atoms with Crippen LogP contribution < -0.4 is 16.2 Å². The first kappa shape index (κ1) is 20.2. The number of anilines is 1. The molecule has 1 aliphatic rings. The molecule has 0 unspecified atom stereocenters. The first-order valence-corrected chi connectivity index (χ1v) is 9.95. The number of nitrogens with one attached hydrogen (secondary N) is 1. The Morgan fingerprint density at radius 2 is 1.50 bits per heavy atom. The molecule has 1 aliphatic carbocycles. The lowest BCUT2D eigenvalue weighted by Crippen LogP contribution is -2.20. The molecule has 3 N–H and O–H groups in total. The molecule has 0 spiro atoms. The van der Waals surface area contributed by atoms with Gasteiger partial charge in [0.25, 0.3) is 5.91 Å². The van der Waals surface area contributed by atoms with Crippen LogP contribution >= 0.6 is 11.3 Å². The predicted octanol–water partition coefficient (Wildman–Crippen LogP) is 2.31. The van der Waals surface area contributed by atoms with E-state index in [0.717, 1.165) is 55.0 Å². The summed E-state index contributed by atoms with van der Waals surface area (Å²) >= 11 is 1.37. The minimum Gasteiger partial charge on any atom is -0.545 e. The van der Waals surface area contributed by atoms with Gasteiger partial charge in [-0.15, -0.1) is 11.3 Å².